The van der Waals surface area contributed by atoms with Crippen molar-refractivity contribution in [2.75, 3.05) is 0 Å². The van der Waals surface area contributed by atoms with Crippen LogP contribution in [0.1, 0.15) is 17.7 Å². The van der Waals surface area contributed by atoms with Crippen molar-refractivity contribution in [2.45, 2.75) is 13.3 Å². The average molecular weight is 241 g/mol. The van der Waals surface area contributed by atoms with Gasteiger partial charge in [0, 0.05) is 18.1 Å². The summed E-state index contributed by atoms with van der Waals surface area (Å²) in [7, 11) is 0. The summed E-state index contributed by atoms with van der Waals surface area (Å²) in [5.41, 5.74) is 0.610. The van der Waals surface area contributed by atoms with E-state index in [1.807, 2.05) is 0 Å². The summed E-state index contributed by atoms with van der Waals surface area (Å²) in [4.78, 5) is 24.1. The van der Waals surface area contributed by atoms with E-state index in [2.05, 4.69) is 4.98 Å². The van der Waals surface area contributed by atoms with Crippen LogP contribution >= 0.6 is 11.6 Å². The highest BCUT2D eigenvalue weighted by Gasteiger charge is 2.14. The molecule has 16 heavy (non-hydrogen) atoms. The number of carbonyl (C=O) groups is 1. The lowest BCUT2D eigenvalue weighted by atomic mass is 10.2. The Kier molecular flexibility index (Phi) is 4.13. The van der Waals surface area contributed by atoms with Gasteiger partial charge in [0.25, 0.3) is 5.69 Å². The fourth-order valence-electron chi connectivity index (χ4n) is 1.13. The quantitative estimate of drug-likeness (QED) is 0.351. The largest absolute Gasteiger partial charge is 0.303 e. The number of aryl methyl sites for hydroxylation is 1. The molecule has 0 spiro atoms. The van der Waals surface area contributed by atoms with Crippen LogP contribution in [0.4, 0.5) is 5.69 Å². The van der Waals surface area contributed by atoms with E-state index in [-0.39, 0.29) is 23.0 Å². The van der Waals surface area contributed by atoms with Crippen LogP contribution in [0, 0.1) is 17.0 Å². The Hall–Kier alpha value is -1.75. The third-order valence-corrected chi connectivity index (χ3v) is 2.20. The maximum Gasteiger partial charge on any atom is 0.291 e. The Morgan fingerprint density at radius 3 is 2.88 bits per heavy atom. The Bertz CT molecular complexity index is 458. The molecule has 0 aromatic carbocycles. The Labute approximate surface area is 96.9 Å². The van der Waals surface area contributed by atoms with Crippen LogP contribution in [0.3, 0.4) is 0 Å². The Morgan fingerprint density at radius 1 is 1.62 bits per heavy atom. The summed E-state index contributed by atoms with van der Waals surface area (Å²) in [6.07, 6.45) is 4.06. The summed E-state index contributed by atoms with van der Waals surface area (Å²) in [5.74, 6) is 0. The van der Waals surface area contributed by atoms with E-state index in [1.54, 1.807) is 6.08 Å². The van der Waals surface area contributed by atoms with Crippen molar-refractivity contribution >= 4 is 29.7 Å². The average Bonchev–Trinajstić information content (AvgIpc) is 2.21. The van der Waals surface area contributed by atoms with Crippen molar-refractivity contribution in [1.29, 1.82) is 0 Å². The van der Waals surface area contributed by atoms with Gasteiger partial charge >= 0.3 is 0 Å². The fraction of sp³-hybridized carbons (Fsp3) is 0.200. The van der Waals surface area contributed by atoms with Gasteiger partial charge in [-0.2, -0.15) is 0 Å². The number of hydrogen-bond acceptors (Lipinski definition) is 4. The number of halogens is 1. The lowest BCUT2D eigenvalue weighted by molar-refractivity contribution is -0.385. The fourth-order valence-corrected chi connectivity index (χ4v) is 1.38. The van der Waals surface area contributed by atoms with Gasteiger partial charge in [0.1, 0.15) is 17.1 Å². The molecule has 0 aliphatic carbocycles. The van der Waals surface area contributed by atoms with E-state index in [1.165, 1.54) is 19.1 Å². The van der Waals surface area contributed by atoms with E-state index in [9.17, 15) is 14.9 Å². The number of hydrogen-bond donors (Lipinski definition) is 0. The van der Waals surface area contributed by atoms with Crippen LogP contribution in [-0.2, 0) is 4.79 Å². The van der Waals surface area contributed by atoms with Crippen LogP contribution in [0.2, 0.25) is 5.15 Å². The molecule has 0 amide bonds. The van der Waals surface area contributed by atoms with E-state index in [0.717, 1.165) is 6.29 Å². The second-order valence-corrected chi connectivity index (χ2v) is 3.39. The number of rotatable bonds is 4. The predicted molar refractivity (Wildman–Crippen MR) is 60.4 cm³/mol. The monoisotopic (exact) mass is 240 g/mol. The molecule has 1 heterocycles. The van der Waals surface area contributed by atoms with Gasteiger partial charge in [-0.1, -0.05) is 23.8 Å². The van der Waals surface area contributed by atoms with Crippen LogP contribution in [0.5, 0.6) is 0 Å². The lowest BCUT2D eigenvalue weighted by Crippen LogP contribution is -1.96. The summed E-state index contributed by atoms with van der Waals surface area (Å²) in [5, 5.41) is 10.8. The van der Waals surface area contributed by atoms with Gasteiger partial charge in [0.05, 0.1) is 4.92 Å². The normalized spacial score (nSPS) is 10.6. The molecule has 0 atom stereocenters. The molecule has 0 unspecified atom stereocenters. The highest BCUT2D eigenvalue weighted by Crippen LogP contribution is 2.24. The molecular formula is C10H9ClN2O3. The van der Waals surface area contributed by atoms with E-state index < -0.39 is 4.92 Å². The summed E-state index contributed by atoms with van der Waals surface area (Å²) in [6, 6.07) is 1.34. The van der Waals surface area contributed by atoms with Gasteiger partial charge < -0.3 is 4.79 Å². The first-order valence-electron chi connectivity index (χ1n) is 4.48. The molecule has 84 valence electrons. The number of allylic oxidation sites excluding steroid dienone is 1. The number of aromatic nitrogens is 1. The molecule has 0 saturated carbocycles. The van der Waals surface area contributed by atoms with Gasteiger partial charge in [0.2, 0.25) is 0 Å². The van der Waals surface area contributed by atoms with Gasteiger partial charge in [-0.15, -0.1) is 0 Å². The van der Waals surface area contributed by atoms with Crippen LogP contribution < -0.4 is 0 Å². The van der Waals surface area contributed by atoms with Crippen molar-refractivity contribution in [2.24, 2.45) is 0 Å². The summed E-state index contributed by atoms with van der Waals surface area (Å²) >= 11 is 5.81. The molecule has 1 aromatic heterocycles. The zero-order valence-corrected chi connectivity index (χ0v) is 9.27. The Morgan fingerprint density at radius 2 is 2.31 bits per heavy atom. The zero-order valence-electron chi connectivity index (χ0n) is 8.51. The van der Waals surface area contributed by atoms with Crippen molar-refractivity contribution in [3.8, 4) is 0 Å². The van der Waals surface area contributed by atoms with Crippen molar-refractivity contribution in [1.82, 2.24) is 4.98 Å². The standard InChI is InChI=1S/C10H9ClN2O3/c1-7-9(13(15)16)6-8(10(11)12-7)4-2-3-5-14/h2,4-6H,3H2,1H3. The van der Waals surface area contributed by atoms with Gasteiger partial charge in [0.15, 0.2) is 0 Å². The molecule has 0 radical (unpaired) electrons. The van der Waals surface area contributed by atoms with E-state index in [4.69, 9.17) is 11.6 Å². The SMILES string of the molecule is Cc1nc(Cl)c(C=CCC=O)cc1[N+](=O)[O-]. The summed E-state index contributed by atoms with van der Waals surface area (Å²) in [6.45, 7) is 1.52. The minimum atomic E-state index is -0.518. The molecule has 0 N–H and O–H groups in total. The first-order valence-corrected chi connectivity index (χ1v) is 4.85. The number of aldehydes is 1. The number of carbonyl (C=O) groups excluding carboxylic acids is 1. The third kappa shape index (κ3) is 2.87. The van der Waals surface area contributed by atoms with Gasteiger partial charge in [-0.3, -0.25) is 10.1 Å². The highest BCUT2D eigenvalue weighted by atomic mass is 35.5. The molecule has 0 aliphatic heterocycles. The zero-order chi connectivity index (χ0) is 12.1. The van der Waals surface area contributed by atoms with Gasteiger partial charge in [-0.25, -0.2) is 4.98 Å². The molecular weight excluding hydrogens is 232 g/mol. The summed E-state index contributed by atoms with van der Waals surface area (Å²) < 4.78 is 0. The smallest absolute Gasteiger partial charge is 0.291 e. The first-order chi connectivity index (χ1) is 7.56. The number of pyridine rings is 1. The molecule has 0 fully saturated rings. The Balaban J connectivity index is 3.14. The molecule has 0 saturated heterocycles. The third-order valence-electron chi connectivity index (χ3n) is 1.89. The number of nitrogens with zero attached hydrogens (tertiary/aromatic N) is 2. The second-order valence-electron chi connectivity index (χ2n) is 3.03. The van der Waals surface area contributed by atoms with Crippen molar-refractivity contribution in [3.05, 3.63) is 38.7 Å². The first kappa shape index (κ1) is 12.3. The second kappa shape index (κ2) is 5.37. The molecule has 1 aromatic rings. The van der Waals surface area contributed by atoms with Crippen LogP contribution in [-0.4, -0.2) is 16.2 Å². The van der Waals surface area contributed by atoms with Crippen LogP contribution in [0.25, 0.3) is 6.08 Å². The van der Waals surface area contributed by atoms with Gasteiger partial charge in [-0.05, 0) is 6.92 Å². The molecule has 1 rings (SSSR count). The van der Waals surface area contributed by atoms with Crippen molar-refractivity contribution < 1.29 is 9.72 Å². The van der Waals surface area contributed by atoms with E-state index in [0.29, 0.717) is 5.56 Å². The maximum atomic E-state index is 10.7. The number of nitro groups is 1. The van der Waals surface area contributed by atoms with Crippen LogP contribution in [0.15, 0.2) is 12.1 Å². The van der Waals surface area contributed by atoms with Crippen molar-refractivity contribution in [3.63, 3.8) is 0 Å². The van der Waals surface area contributed by atoms with E-state index >= 15 is 0 Å². The topological polar surface area (TPSA) is 73.1 Å². The molecule has 5 nitrogen and oxygen atoms in total. The minimum absolute atomic E-state index is 0.0878. The minimum Gasteiger partial charge on any atom is -0.303 e. The predicted octanol–water partition coefficient (Wildman–Crippen LogP) is 2.55. The highest BCUT2D eigenvalue weighted by molar-refractivity contribution is 6.30. The molecule has 6 heteroatoms. The maximum absolute atomic E-state index is 10.7. The molecule has 0 aliphatic rings. The molecule has 0 bridgehead atoms. The lowest BCUT2D eigenvalue weighted by Gasteiger charge is -2.00.